The van der Waals surface area contributed by atoms with Crippen molar-refractivity contribution in [3.63, 3.8) is 0 Å². The van der Waals surface area contributed by atoms with Crippen molar-refractivity contribution in [1.29, 1.82) is 0 Å². The van der Waals surface area contributed by atoms with Crippen LogP contribution in [0.15, 0.2) is 103 Å². The highest BCUT2D eigenvalue weighted by Gasteiger charge is 2.35. The minimum Gasteiger partial charge on any atom is -0.322 e. The number of fused-ring (bicyclic) bond motifs is 3. The number of carbonyl (C=O) groups is 1. The second kappa shape index (κ2) is 6.29. The van der Waals surface area contributed by atoms with Gasteiger partial charge in [0.2, 0.25) is 0 Å². The molecule has 1 amide bonds. The third-order valence-electron chi connectivity index (χ3n) is 5.06. The van der Waals surface area contributed by atoms with Gasteiger partial charge in [0.1, 0.15) is 6.17 Å². The molecule has 0 unspecified atom stereocenters. The maximum atomic E-state index is 13.6. The number of hydrogen-bond acceptors (Lipinski definition) is 1. The van der Waals surface area contributed by atoms with Crippen molar-refractivity contribution < 1.29 is 4.79 Å². The summed E-state index contributed by atoms with van der Waals surface area (Å²) in [4.78, 5) is 15.5. The number of amides is 1. The SMILES string of the molecule is O=C(c1ccccc1)N1c2ccccc2-c2cccn2[C@H]1c1ccccc1. The zero-order chi connectivity index (χ0) is 18.2. The molecular formula is C24H18N2O. The molecule has 130 valence electrons. The Morgan fingerprint density at radius 3 is 2.15 bits per heavy atom. The van der Waals surface area contributed by atoms with E-state index in [0.29, 0.717) is 5.56 Å². The van der Waals surface area contributed by atoms with Crippen LogP contribution >= 0.6 is 0 Å². The third-order valence-corrected chi connectivity index (χ3v) is 5.06. The summed E-state index contributed by atoms with van der Waals surface area (Å²) in [5.41, 5.74) is 4.89. The lowest BCUT2D eigenvalue weighted by molar-refractivity contribution is 0.0971. The Bertz CT molecular complexity index is 1100. The van der Waals surface area contributed by atoms with E-state index in [0.717, 1.165) is 22.5 Å². The van der Waals surface area contributed by atoms with Gasteiger partial charge in [-0.3, -0.25) is 9.69 Å². The van der Waals surface area contributed by atoms with E-state index in [1.807, 2.05) is 83.9 Å². The normalized spacial score (nSPS) is 15.1. The van der Waals surface area contributed by atoms with Crippen LogP contribution in [-0.2, 0) is 0 Å². The van der Waals surface area contributed by atoms with Crippen molar-refractivity contribution >= 4 is 11.6 Å². The number of carbonyl (C=O) groups excluding carboxylic acids is 1. The molecule has 3 aromatic carbocycles. The molecule has 0 spiro atoms. The molecule has 1 aliphatic heterocycles. The predicted octanol–water partition coefficient (Wildman–Crippen LogP) is 5.36. The number of nitrogens with zero attached hydrogens (tertiary/aromatic N) is 2. The van der Waals surface area contributed by atoms with Crippen LogP contribution < -0.4 is 4.90 Å². The van der Waals surface area contributed by atoms with E-state index in [1.54, 1.807) is 0 Å². The van der Waals surface area contributed by atoms with Crippen LogP contribution in [0.4, 0.5) is 5.69 Å². The lowest BCUT2D eigenvalue weighted by Crippen LogP contribution is -2.41. The van der Waals surface area contributed by atoms with Crippen LogP contribution in [0.2, 0.25) is 0 Å². The van der Waals surface area contributed by atoms with Crippen LogP contribution in [0.5, 0.6) is 0 Å². The maximum absolute atomic E-state index is 13.6. The van der Waals surface area contributed by atoms with Crippen LogP contribution in [0.25, 0.3) is 11.3 Å². The number of aromatic nitrogens is 1. The minimum atomic E-state index is -0.223. The second-order valence-corrected chi connectivity index (χ2v) is 6.64. The molecule has 4 aromatic rings. The van der Waals surface area contributed by atoms with Crippen molar-refractivity contribution in [2.24, 2.45) is 0 Å². The molecule has 5 rings (SSSR count). The minimum absolute atomic E-state index is 0.00347. The van der Waals surface area contributed by atoms with E-state index >= 15 is 0 Å². The molecular weight excluding hydrogens is 332 g/mol. The van der Waals surface area contributed by atoms with Gasteiger partial charge >= 0.3 is 0 Å². The highest BCUT2D eigenvalue weighted by molar-refractivity contribution is 6.09. The molecule has 1 aliphatic rings. The molecule has 3 nitrogen and oxygen atoms in total. The largest absolute Gasteiger partial charge is 0.322 e. The molecule has 0 bridgehead atoms. The van der Waals surface area contributed by atoms with E-state index < -0.39 is 0 Å². The molecule has 1 atom stereocenters. The Hall–Kier alpha value is -3.59. The van der Waals surface area contributed by atoms with Crippen molar-refractivity contribution in [3.05, 3.63) is 114 Å². The van der Waals surface area contributed by atoms with Gasteiger partial charge in [0.25, 0.3) is 5.91 Å². The van der Waals surface area contributed by atoms with Crippen molar-refractivity contribution in [1.82, 2.24) is 4.57 Å². The molecule has 0 saturated heterocycles. The second-order valence-electron chi connectivity index (χ2n) is 6.64. The summed E-state index contributed by atoms with van der Waals surface area (Å²) in [6.07, 6.45) is 1.83. The van der Waals surface area contributed by atoms with Gasteiger partial charge in [-0.15, -0.1) is 0 Å². The Morgan fingerprint density at radius 1 is 0.704 bits per heavy atom. The molecule has 0 aliphatic carbocycles. The summed E-state index contributed by atoms with van der Waals surface area (Å²) in [6.45, 7) is 0. The van der Waals surface area contributed by atoms with Crippen LogP contribution in [0, 0.1) is 0 Å². The topological polar surface area (TPSA) is 25.2 Å². The Balaban J connectivity index is 1.76. The summed E-state index contributed by atoms with van der Waals surface area (Å²) >= 11 is 0. The van der Waals surface area contributed by atoms with Gasteiger partial charge in [-0.25, -0.2) is 0 Å². The van der Waals surface area contributed by atoms with E-state index in [-0.39, 0.29) is 12.1 Å². The maximum Gasteiger partial charge on any atom is 0.260 e. The van der Waals surface area contributed by atoms with Gasteiger partial charge in [0.05, 0.1) is 11.4 Å². The smallest absolute Gasteiger partial charge is 0.260 e. The molecule has 0 radical (unpaired) electrons. The van der Waals surface area contributed by atoms with Gasteiger partial charge < -0.3 is 4.57 Å². The third kappa shape index (κ3) is 2.48. The summed E-state index contributed by atoms with van der Waals surface area (Å²) in [5, 5.41) is 0. The lowest BCUT2D eigenvalue weighted by atomic mass is 10.0. The number of hydrogen-bond donors (Lipinski definition) is 0. The zero-order valence-corrected chi connectivity index (χ0v) is 14.7. The first-order chi connectivity index (χ1) is 13.3. The fourth-order valence-corrected chi connectivity index (χ4v) is 3.87. The first kappa shape index (κ1) is 15.6. The van der Waals surface area contributed by atoms with E-state index in [4.69, 9.17) is 0 Å². The van der Waals surface area contributed by atoms with Gasteiger partial charge in [-0.1, -0.05) is 66.7 Å². The quantitative estimate of drug-likeness (QED) is 0.477. The van der Waals surface area contributed by atoms with Crippen LogP contribution in [0.1, 0.15) is 22.1 Å². The summed E-state index contributed by atoms with van der Waals surface area (Å²) < 4.78 is 2.18. The van der Waals surface area contributed by atoms with Crippen molar-refractivity contribution in [2.75, 3.05) is 4.90 Å². The molecule has 0 N–H and O–H groups in total. The van der Waals surface area contributed by atoms with E-state index in [1.165, 1.54) is 0 Å². The molecule has 27 heavy (non-hydrogen) atoms. The highest BCUT2D eigenvalue weighted by Crippen LogP contribution is 2.43. The average molecular weight is 350 g/mol. The molecule has 2 heterocycles. The van der Waals surface area contributed by atoms with Gasteiger partial charge in [0.15, 0.2) is 0 Å². The highest BCUT2D eigenvalue weighted by atomic mass is 16.2. The van der Waals surface area contributed by atoms with Gasteiger partial charge in [-0.05, 0) is 35.9 Å². The summed E-state index contributed by atoms with van der Waals surface area (Å²) in [7, 11) is 0. The summed E-state index contributed by atoms with van der Waals surface area (Å²) in [5.74, 6) is -0.00347. The first-order valence-electron chi connectivity index (χ1n) is 9.04. The zero-order valence-electron chi connectivity index (χ0n) is 14.7. The number of para-hydroxylation sites is 1. The number of anilines is 1. The standard InChI is InChI=1S/C24H18N2O/c27-24(19-12-5-2-6-13-19)26-22-15-8-7-14-20(22)21-16-9-17-25(21)23(26)18-10-3-1-4-11-18/h1-17,23H/t23-/m1/s1. The molecule has 1 aromatic heterocycles. The van der Waals surface area contributed by atoms with Gasteiger partial charge in [-0.2, -0.15) is 0 Å². The van der Waals surface area contributed by atoms with E-state index in [2.05, 4.69) is 28.8 Å². The van der Waals surface area contributed by atoms with Crippen LogP contribution in [0.3, 0.4) is 0 Å². The fourth-order valence-electron chi connectivity index (χ4n) is 3.87. The van der Waals surface area contributed by atoms with E-state index in [9.17, 15) is 4.79 Å². The lowest BCUT2D eigenvalue weighted by Gasteiger charge is -2.39. The number of benzene rings is 3. The molecule has 0 fully saturated rings. The van der Waals surface area contributed by atoms with Crippen molar-refractivity contribution in [2.45, 2.75) is 6.17 Å². The molecule has 0 saturated carbocycles. The predicted molar refractivity (Wildman–Crippen MR) is 108 cm³/mol. The van der Waals surface area contributed by atoms with Crippen molar-refractivity contribution in [3.8, 4) is 11.3 Å². The van der Waals surface area contributed by atoms with Crippen LogP contribution in [-0.4, -0.2) is 10.5 Å². The number of rotatable bonds is 2. The fraction of sp³-hybridized carbons (Fsp3) is 0.0417. The Morgan fingerprint density at radius 2 is 1.37 bits per heavy atom. The van der Waals surface area contributed by atoms with Gasteiger partial charge in [0, 0.05) is 17.3 Å². The monoisotopic (exact) mass is 350 g/mol. The average Bonchev–Trinajstić information content (AvgIpc) is 3.23. The molecule has 3 heteroatoms. The first-order valence-corrected chi connectivity index (χ1v) is 9.04. The Labute approximate surface area is 158 Å². The summed E-state index contributed by atoms with van der Waals surface area (Å²) in [6, 6.07) is 31.9. The Kier molecular flexibility index (Phi) is 3.65.